The number of carbonyl (C=O) groups is 1. The maximum absolute atomic E-state index is 12.9. The van der Waals surface area contributed by atoms with Gasteiger partial charge in [0.2, 0.25) is 0 Å². The van der Waals surface area contributed by atoms with Gasteiger partial charge in [-0.05, 0) is 62.3 Å². The molecule has 0 amide bonds. The molecular weight excluding hydrogens is 361 g/mol. The molecule has 0 atom stereocenters. The summed E-state index contributed by atoms with van der Waals surface area (Å²) < 4.78 is 13.8. The lowest BCUT2D eigenvalue weighted by Crippen LogP contribution is -1.95. The molecule has 64 valence electrons. The van der Waals surface area contributed by atoms with Gasteiger partial charge in [-0.25, -0.2) is 4.39 Å². The van der Waals surface area contributed by atoms with Crippen LogP contribution in [-0.2, 0) is 0 Å². The number of hydrogen-bond acceptors (Lipinski definition) is 1. The monoisotopic (exact) mass is 362 g/mol. The molecule has 0 aliphatic heterocycles. The Kier molecular flexibility index (Phi) is 3.48. The van der Waals surface area contributed by atoms with Crippen molar-refractivity contribution in [1.82, 2.24) is 0 Å². The van der Waals surface area contributed by atoms with Crippen LogP contribution in [0.1, 0.15) is 10.4 Å². The number of hydrogen-bond donors (Lipinski definition) is 0. The maximum atomic E-state index is 12.9. The molecule has 0 saturated heterocycles. The summed E-state index contributed by atoms with van der Waals surface area (Å²) in [7, 11) is 0. The van der Waals surface area contributed by atoms with Gasteiger partial charge in [-0.1, -0.05) is 0 Å². The van der Waals surface area contributed by atoms with Gasteiger partial charge in [-0.3, -0.25) is 4.79 Å². The van der Waals surface area contributed by atoms with Crippen LogP contribution < -0.4 is 0 Å². The van der Waals surface area contributed by atoms with Crippen molar-refractivity contribution in [2.24, 2.45) is 0 Å². The largest absolute Gasteiger partial charge is 0.276 e. The number of carbonyl (C=O) groups excluding carboxylic acids is 1. The van der Waals surface area contributed by atoms with E-state index in [1.54, 1.807) is 0 Å². The summed E-state index contributed by atoms with van der Waals surface area (Å²) in [6.07, 6.45) is 0. The van der Waals surface area contributed by atoms with Gasteiger partial charge in [0.15, 0.2) is 0 Å². The Bertz CT molecular complexity index is 342. The van der Waals surface area contributed by atoms with E-state index < -0.39 is 11.1 Å². The molecule has 1 rings (SSSR count). The van der Waals surface area contributed by atoms with Crippen LogP contribution >= 0.6 is 50.1 Å². The van der Waals surface area contributed by atoms with Gasteiger partial charge in [0.1, 0.15) is 5.82 Å². The van der Waals surface area contributed by atoms with E-state index in [0.29, 0.717) is 8.04 Å². The molecule has 0 radical (unpaired) electrons. The minimum absolute atomic E-state index is 0.193. The van der Waals surface area contributed by atoms with Crippen molar-refractivity contribution < 1.29 is 9.18 Å². The SMILES string of the molecule is O=C(Cl)c1cc(F)c(Br)cc1I. The summed E-state index contributed by atoms with van der Waals surface area (Å²) in [5.41, 5.74) is 0.193. The summed E-state index contributed by atoms with van der Waals surface area (Å²) in [5, 5.41) is -0.647. The lowest BCUT2D eigenvalue weighted by molar-refractivity contribution is 0.108. The minimum atomic E-state index is -0.647. The van der Waals surface area contributed by atoms with Gasteiger partial charge in [-0.2, -0.15) is 0 Å². The van der Waals surface area contributed by atoms with E-state index in [1.165, 1.54) is 6.07 Å². The molecule has 1 aromatic carbocycles. The fourth-order valence-electron chi connectivity index (χ4n) is 0.673. The van der Waals surface area contributed by atoms with Crippen LogP contribution in [0.2, 0.25) is 0 Å². The Hall–Kier alpha value is 0.320. The number of rotatable bonds is 1. The van der Waals surface area contributed by atoms with Gasteiger partial charge >= 0.3 is 0 Å². The zero-order valence-corrected chi connectivity index (χ0v) is 10.1. The molecule has 1 aromatic rings. The van der Waals surface area contributed by atoms with E-state index in [4.69, 9.17) is 11.6 Å². The quantitative estimate of drug-likeness (QED) is 0.424. The smallest absolute Gasteiger partial charge is 0.253 e. The van der Waals surface area contributed by atoms with Crippen molar-refractivity contribution in [2.75, 3.05) is 0 Å². The normalized spacial score (nSPS) is 10.0. The fraction of sp³-hybridized carbons (Fsp3) is 0. The summed E-state index contributed by atoms with van der Waals surface area (Å²) >= 11 is 10.1. The summed E-state index contributed by atoms with van der Waals surface area (Å²) in [6, 6.07) is 2.62. The second-order valence-corrected chi connectivity index (χ2v) is 4.38. The molecule has 1 nitrogen and oxygen atoms in total. The third-order valence-electron chi connectivity index (χ3n) is 1.22. The van der Waals surface area contributed by atoms with E-state index in [9.17, 15) is 9.18 Å². The van der Waals surface area contributed by atoms with Gasteiger partial charge in [0, 0.05) is 3.57 Å². The highest BCUT2D eigenvalue weighted by Gasteiger charge is 2.10. The van der Waals surface area contributed by atoms with Gasteiger partial charge < -0.3 is 0 Å². The number of benzene rings is 1. The highest BCUT2D eigenvalue weighted by atomic mass is 127. The highest BCUT2D eigenvalue weighted by molar-refractivity contribution is 14.1. The zero-order chi connectivity index (χ0) is 9.30. The van der Waals surface area contributed by atoms with E-state index in [2.05, 4.69) is 15.9 Å². The maximum Gasteiger partial charge on any atom is 0.253 e. The predicted octanol–water partition coefficient (Wildman–Crippen LogP) is 3.57. The number of halogens is 4. The van der Waals surface area contributed by atoms with Gasteiger partial charge in [-0.15, -0.1) is 0 Å². The van der Waals surface area contributed by atoms with E-state index in [1.807, 2.05) is 22.6 Å². The predicted molar refractivity (Wildman–Crippen MR) is 57.0 cm³/mol. The van der Waals surface area contributed by atoms with E-state index in [0.717, 1.165) is 6.07 Å². The molecule has 12 heavy (non-hydrogen) atoms. The Balaban J connectivity index is 3.33. The molecule has 0 aromatic heterocycles. The molecule has 5 heteroatoms. The zero-order valence-electron chi connectivity index (χ0n) is 5.57. The summed E-state index contributed by atoms with van der Waals surface area (Å²) in [4.78, 5) is 10.7. The van der Waals surface area contributed by atoms with Crippen LogP contribution in [0.3, 0.4) is 0 Å². The Labute approximate surface area is 95.6 Å². The first-order valence-corrected chi connectivity index (χ1v) is 5.11. The lowest BCUT2D eigenvalue weighted by atomic mass is 10.2. The molecule has 0 N–H and O–H groups in total. The topological polar surface area (TPSA) is 17.1 Å². The summed E-state index contributed by atoms with van der Waals surface area (Å²) in [6.45, 7) is 0. The van der Waals surface area contributed by atoms with Crippen LogP contribution in [-0.4, -0.2) is 5.24 Å². The Morgan fingerprint density at radius 1 is 1.58 bits per heavy atom. The third kappa shape index (κ3) is 2.17. The van der Waals surface area contributed by atoms with Crippen molar-refractivity contribution in [1.29, 1.82) is 0 Å². The highest BCUT2D eigenvalue weighted by Crippen LogP contribution is 2.23. The lowest BCUT2D eigenvalue weighted by Gasteiger charge is -2.00. The average Bonchev–Trinajstić information content (AvgIpc) is 1.96. The molecule has 0 saturated carbocycles. The molecule has 0 aliphatic rings. The average molecular weight is 363 g/mol. The van der Waals surface area contributed by atoms with Crippen LogP contribution in [0.15, 0.2) is 16.6 Å². The molecule has 0 bridgehead atoms. The van der Waals surface area contributed by atoms with E-state index >= 15 is 0 Å². The Morgan fingerprint density at radius 3 is 2.67 bits per heavy atom. The van der Waals surface area contributed by atoms with Crippen molar-refractivity contribution in [3.8, 4) is 0 Å². The fourth-order valence-corrected chi connectivity index (χ4v) is 2.47. The first-order chi connectivity index (χ1) is 5.52. The molecule has 0 fully saturated rings. The molecular formula is C7H2BrClFIO. The standard InChI is InChI=1S/C7H2BrClFIO/c8-4-2-6(11)3(7(9)12)1-5(4)10/h1-2H. The van der Waals surface area contributed by atoms with Gasteiger partial charge in [0.25, 0.3) is 5.24 Å². The first kappa shape index (κ1) is 10.4. The van der Waals surface area contributed by atoms with Crippen molar-refractivity contribution >= 4 is 55.4 Å². The minimum Gasteiger partial charge on any atom is -0.276 e. The van der Waals surface area contributed by atoms with Crippen LogP contribution in [0, 0.1) is 9.39 Å². The molecule has 0 unspecified atom stereocenters. The molecule has 0 spiro atoms. The molecule has 0 heterocycles. The van der Waals surface area contributed by atoms with Gasteiger partial charge in [0.05, 0.1) is 10.0 Å². The van der Waals surface area contributed by atoms with Crippen LogP contribution in [0.5, 0.6) is 0 Å². The third-order valence-corrected chi connectivity index (χ3v) is 2.93. The van der Waals surface area contributed by atoms with Crippen molar-refractivity contribution in [3.05, 3.63) is 31.6 Å². The summed E-state index contributed by atoms with van der Waals surface area (Å²) in [5.74, 6) is -0.487. The van der Waals surface area contributed by atoms with Crippen molar-refractivity contribution in [3.63, 3.8) is 0 Å². The first-order valence-electron chi connectivity index (χ1n) is 2.86. The molecule has 0 aliphatic carbocycles. The van der Waals surface area contributed by atoms with Crippen LogP contribution in [0.4, 0.5) is 4.39 Å². The van der Waals surface area contributed by atoms with Crippen LogP contribution in [0.25, 0.3) is 0 Å². The second-order valence-electron chi connectivity index (χ2n) is 2.02. The Morgan fingerprint density at radius 2 is 2.17 bits per heavy atom. The van der Waals surface area contributed by atoms with Crippen molar-refractivity contribution in [2.45, 2.75) is 0 Å². The van der Waals surface area contributed by atoms with E-state index in [-0.39, 0.29) is 5.56 Å². The second kappa shape index (κ2) is 4.02.